The molecule has 21 heavy (non-hydrogen) atoms. The Kier molecular flexibility index (Phi) is 4.96. The van der Waals surface area contributed by atoms with Gasteiger partial charge in [0.05, 0.1) is 5.69 Å². The van der Waals surface area contributed by atoms with Crippen LogP contribution >= 0.6 is 11.6 Å². The third-order valence-corrected chi connectivity index (χ3v) is 3.22. The summed E-state index contributed by atoms with van der Waals surface area (Å²) in [5, 5.41) is 6.70. The van der Waals surface area contributed by atoms with E-state index >= 15 is 0 Å². The van der Waals surface area contributed by atoms with Gasteiger partial charge in [-0.15, -0.1) is 0 Å². The van der Waals surface area contributed by atoms with Crippen LogP contribution in [0, 0.1) is 19.7 Å². The van der Waals surface area contributed by atoms with Crippen molar-refractivity contribution in [2.45, 2.75) is 27.2 Å². The van der Waals surface area contributed by atoms with E-state index in [1.54, 1.807) is 6.92 Å². The van der Waals surface area contributed by atoms with E-state index in [9.17, 15) is 4.39 Å². The first kappa shape index (κ1) is 15.5. The molecule has 1 aromatic carbocycles. The Bertz CT molecular complexity index is 646. The third-order valence-electron chi connectivity index (χ3n) is 2.98. The minimum Gasteiger partial charge on any atom is -0.370 e. The molecule has 1 aromatic heterocycles. The predicted molar refractivity (Wildman–Crippen MR) is 85.0 cm³/mol. The maximum Gasteiger partial charge on any atom is 0.146 e. The summed E-state index contributed by atoms with van der Waals surface area (Å²) in [6.45, 7) is 6.59. The molecule has 0 aliphatic heterocycles. The van der Waals surface area contributed by atoms with E-state index in [2.05, 4.69) is 27.5 Å². The van der Waals surface area contributed by atoms with Gasteiger partial charge < -0.3 is 10.6 Å². The molecular formula is C15H18ClFN4. The van der Waals surface area contributed by atoms with Gasteiger partial charge in [-0.25, -0.2) is 14.4 Å². The summed E-state index contributed by atoms with van der Waals surface area (Å²) in [6.07, 6.45) is 0.994. The van der Waals surface area contributed by atoms with Gasteiger partial charge in [0.1, 0.15) is 23.3 Å². The number of nitrogens with zero attached hydrogens (tertiary/aromatic N) is 2. The fourth-order valence-corrected chi connectivity index (χ4v) is 2.06. The van der Waals surface area contributed by atoms with Crippen molar-refractivity contribution in [1.29, 1.82) is 0 Å². The van der Waals surface area contributed by atoms with E-state index in [4.69, 9.17) is 11.6 Å². The number of hydrogen-bond acceptors (Lipinski definition) is 4. The first-order valence-electron chi connectivity index (χ1n) is 6.82. The van der Waals surface area contributed by atoms with Crippen LogP contribution in [0.5, 0.6) is 0 Å². The van der Waals surface area contributed by atoms with Crippen LogP contribution in [0.4, 0.5) is 21.7 Å². The second-order valence-electron chi connectivity index (χ2n) is 4.77. The molecule has 2 rings (SSSR count). The quantitative estimate of drug-likeness (QED) is 0.856. The molecule has 0 radical (unpaired) electrons. The minimum atomic E-state index is -0.377. The Labute approximate surface area is 128 Å². The maximum absolute atomic E-state index is 13.8. The standard InChI is InChI=1S/C15H18ClFN4/c1-4-7-18-14-9(2)15(20-10(3)19-14)21-13-8-11(16)5-6-12(13)17/h5-6,8H,4,7H2,1-3H3,(H2,18,19,20,21). The molecule has 0 atom stereocenters. The Morgan fingerprint density at radius 1 is 1.19 bits per heavy atom. The molecule has 4 nitrogen and oxygen atoms in total. The summed E-state index contributed by atoms with van der Waals surface area (Å²) < 4.78 is 13.8. The summed E-state index contributed by atoms with van der Waals surface area (Å²) in [5.41, 5.74) is 1.14. The summed E-state index contributed by atoms with van der Waals surface area (Å²) in [5.74, 6) is 1.57. The number of benzene rings is 1. The number of halogens is 2. The van der Waals surface area contributed by atoms with Crippen LogP contribution in [0.2, 0.25) is 5.02 Å². The maximum atomic E-state index is 13.8. The molecule has 0 aliphatic carbocycles. The molecule has 0 saturated carbocycles. The fourth-order valence-electron chi connectivity index (χ4n) is 1.89. The van der Waals surface area contributed by atoms with Crippen LogP contribution in [-0.2, 0) is 0 Å². The van der Waals surface area contributed by atoms with Crippen molar-refractivity contribution in [2.24, 2.45) is 0 Å². The van der Waals surface area contributed by atoms with Crippen molar-refractivity contribution >= 4 is 28.9 Å². The molecule has 0 amide bonds. The number of hydrogen-bond donors (Lipinski definition) is 2. The Hall–Kier alpha value is -1.88. The van der Waals surface area contributed by atoms with Gasteiger partial charge in [-0.3, -0.25) is 0 Å². The average Bonchev–Trinajstić information content (AvgIpc) is 2.44. The van der Waals surface area contributed by atoms with Gasteiger partial charge in [-0.2, -0.15) is 0 Å². The number of rotatable bonds is 5. The van der Waals surface area contributed by atoms with Crippen LogP contribution in [0.3, 0.4) is 0 Å². The lowest BCUT2D eigenvalue weighted by Crippen LogP contribution is -2.09. The highest BCUT2D eigenvalue weighted by Gasteiger charge is 2.11. The number of anilines is 3. The monoisotopic (exact) mass is 308 g/mol. The Morgan fingerprint density at radius 2 is 1.90 bits per heavy atom. The van der Waals surface area contributed by atoms with Crippen LogP contribution in [0.15, 0.2) is 18.2 Å². The summed E-state index contributed by atoms with van der Waals surface area (Å²) in [4.78, 5) is 8.71. The number of aryl methyl sites for hydroxylation is 1. The molecule has 2 N–H and O–H groups in total. The second kappa shape index (κ2) is 6.72. The van der Waals surface area contributed by atoms with Crippen molar-refractivity contribution in [3.63, 3.8) is 0 Å². The van der Waals surface area contributed by atoms with Gasteiger partial charge in [0.2, 0.25) is 0 Å². The number of nitrogens with one attached hydrogen (secondary N) is 2. The van der Waals surface area contributed by atoms with Gasteiger partial charge in [-0.05, 0) is 38.5 Å². The van der Waals surface area contributed by atoms with Crippen molar-refractivity contribution in [2.75, 3.05) is 17.2 Å². The first-order chi connectivity index (χ1) is 10.0. The largest absolute Gasteiger partial charge is 0.370 e. The molecule has 6 heteroatoms. The lowest BCUT2D eigenvalue weighted by molar-refractivity contribution is 0.631. The van der Waals surface area contributed by atoms with E-state index < -0.39 is 0 Å². The lowest BCUT2D eigenvalue weighted by Gasteiger charge is -2.14. The highest BCUT2D eigenvalue weighted by molar-refractivity contribution is 6.30. The molecule has 0 aliphatic rings. The third kappa shape index (κ3) is 3.82. The zero-order valence-electron chi connectivity index (χ0n) is 12.3. The van der Waals surface area contributed by atoms with Gasteiger partial charge in [0.25, 0.3) is 0 Å². The molecule has 112 valence electrons. The minimum absolute atomic E-state index is 0.296. The van der Waals surface area contributed by atoms with E-state index in [1.165, 1.54) is 18.2 Å². The Morgan fingerprint density at radius 3 is 2.62 bits per heavy atom. The van der Waals surface area contributed by atoms with Crippen molar-refractivity contribution in [3.8, 4) is 0 Å². The van der Waals surface area contributed by atoms with Crippen LogP contribution < -0.4 is 10.6 Å². The number of aromatic nitrogens is 2. The lowest BCUT2D eigenvalue weighted by atomic mass is 10.2. The molecule has 1 heterocycles. The van der Waals surface area contributed by atoms with Gasteiger partial charge in [-0.1, -0.05) is 18.5 Å². The molecule has 0 saturated heterocycles. The molecule has 0 unspecified atom stereocenters. The van der Waals surface area contributed by atoms with Gasteiger partial charge in [0.15, 0.2) is 0 Å². The molecule has 2 aromatic rings. The van der Waals surface area contributed by atoms with E-state index in [0.29, 0.717) is 22.4 Å². The highest BCUT2D eigenvalue weighted by Crippen LogP contribution is 2.27. The van der Waals surface area contributed by atoms with Crippen LogP contribution in [-0.4, -0.2) is 16.5 Å². The normalized spacial score (nSPS) is 10.5. The molecular weight excluding hydrogens is 291 g/mol. The van der Waals surface area contributed by atoms with E-state index in [0.717, 1.165) is 24.3 Å². The second-order valence-corrected chi connectivity index (χ2v) is 5.21. The SMILES string of the molecule is CCCNc1nc(C)nc(Nc2cc(Cl)ccc2F)c1C. The smallest absolute Gasteiger partial charge is 0.146 e. The summed E-state index contributed by atoms with van der Waals surface area (Å²) in [7, 11) is 0. The predicted octanol–water partition coefficient (Wildman–Crippen LogP) is 4.45. The first-order valence-corrected chi connectivity index (χ1v) is 7.20. The highest BCUT2D eigenvalue weighted by atomic mass is 35.5. The molecule has 0 fully saturated rings. The van der Waals surface area contributed by atoms with Gasteiger partial charge in [0, 0.05) is 17.1 Å². The topological polar surface area (TPSA) is 49.8 Å². The molecule has 0 bridgehead atoms. The molecule has 0 spiro atoms. The van der Waals surface area contributed by atoms with Crippen molar-refractivity contribution in [3.05, 3.63) is 40.4 Å². The zero-order valence-corrected chi connectivity index (χ0v) is 13.1. The van der Waals surface area contributed by atoms with E-state index in [1.807, 2.05) is 6.92 Å². The Balaban J connectivity index is 2.35. The summed E-state index contributed by atoms with van der Waals surface area (Å²) >= 11 is 5.90. The summed E-state index contributed by atoms with van der Waals surface area (Å²) in [6, 6.07) is 4.37. The zero-order chi connectivity index (χ0) is 15.4. The fraction of sp³-hybridized carbons (Fsp3) is 0.333. The average molecular weight is 309 g/mol. The van der Waals surface area contributed by atoms with Gasteiger partial charge >= 0.3 is 0 Å². The van der Waals surface area contributed by atoms with E-state index in [-0.39, 0.29) is 5.82 Å². The van der Waals surface area contributed by atoms with Crippen molar-refractivity contribution < 1.29 is 4.39 Å². The van der Waals surface area contributed by atoms with Crippen LogP contribution in [0.1, 0.15) is 24.7 Å². The van der Waals surface area contributed by atoms with Crippen LogP contribution in [0.25, 0.3) is 0 Å². The van der Waals surface area contributed by atoms with Crippen molar-refractivity contribution in [1.82, 2.24) is 9.97 Å².